The van der Waals surface area contributed by atoms with Gasteiger partial charge < -0.3 is 14.6 Å². The summed E-state index contributed by atoms with van der Waals surface area (Å²) in [6.45, 7) is 12.7. The van der Waals surface area contributed by atoms with E-state index in [4.69, 9.17) is 9.26 Å². The molecule has 0 aliphatic heterocycles. The number of rotatable bonds is 8. The lowest BCUT2D eigenvalue weighted by Crippen LogP contribution is -2.35. The van der Waals surface area contributed by atoms with Crippen LogP contribution in [0.5, 0.6) is 0 Å². The fraction of sp³-hybridized carbons (Fsp3) is 0.786. The summed E-state index contributed by atoms with van der Waals surface area (Å²) in [4.78, 5) is 2.27. The van der Waals surface area contributed by atoms with E-state index in [1.165, 1.54) is 0 Å². The smallest absolute Gasteiger partial charge is 0.151 e. The summed E-state index contributed by atoms with van der Waals surface area (Å²) in [5.74, 6) is 0.906. The monoisotopic (exact) mass is 269 g/mol. The zero-order valence-electron chi connectivity index (χ0n) is 12.8. The van der Waals surface area contributed by atoms with Gasteiger partial charge in [-0.25, -0.2) is 0 Å². The Morgan fingerprint density at radius 2 is 2.16 bits per heavy atom. The van der Waals surface area contributed by atoms with Gasteiger partial charge in [-0.1, -0.05) is 12.1 Å². The maximum Gasteiger partial charge on any atom is 0.151 e. The van der Waals surface area contributed by atoms with Crippen LogP contribution < -0.4 is 5.32 Å². The summed E-state index contributed by atoms with van der Waals surface area (Å²) in [5, 5.41) is 7.49. The Kier molecular flexibility index (Phi) is 6.48. The average Bonchev–Trinajstić information content (AvgIpc) is 2.79. The molecular formula is C14H27N3O2. The molecule has 0 fully saturated rings. The molecule has 0 unspecified atom stereocenters. The van der Waals surface area contributed by atoms with Gasteiger partial charge in [0.05, 0.1) is 18.8 Å². The standard InChI is InChI=1S/C14H27N3O2/c1-6-17(7-8-18-5)11-13-9-12(16-19-13)10-15-14(2,3)4/h9,15H,6-8,10-11H2,1-5H3. The van der Waals surface area contributed by atoms with E-state index in [0.29, 0.717) is 0 Å². The molecule has 19 heavy (non-hydrogen) atoms. The molecule has 110 valence electrons. The lowest BCUT2D eigenvalue weighted by atomic mass is 10.1. The van der Waals surface area contributed by atoms with Crippen LogP contribution in [0.25, 0.3) is 0 Å². The molecule has 1 rings (SSSR count). The van der Waals surface area contributed by atoms with Crippen molar-refractivity contribution in [1.82, 2.24) is 15.4 Å². The van der Waals surface area contributed by atoms with E-state index in [2.05, 4.69) is 43.1 Å². The molecule has 5 nitrogen and oxygen atoms in total. The summed E-state index contributed by atoms with van der Waals surface area (Å²) in [7, 11) is 1.72. The van der Waals surface area contributed by atoms with Crippen molar-refractivity contribution in [3.05, 3.63) is 17.5 Å². The quantitative estimate of drug-likeness (QED) is 0.782. The first kappa shape index (κ1) is 16.1. The second-order valence-corrected chi connectivity index (χ2v) is 5.75. The molecule has 0 radical (unpaired) electrons. The predicted octanol–water partition coefficient (Wildman–Crippen LogP) is 2.03. The largest absolute Gasteiger partial charge is 0.383 e. The van der Waals surface area contributed by atoms with Gasteiger partial charge in [0.25, 0.3) is 0 Å². The fourth-order valence-electron chi connectivity index (χ4n) is 1.66. The lowest BCUT2D eigenvalue weighted by molar-refractivity contribution is 0.141. The molecule has 0 aliphatic rings. The maximum absolute atomic E-state index is 5.37. The second kappa shape index (κ2) is 7.62. The minimum absolute atomic E-state index is 0.0903. The molecule has 0 bridgehead atoms. The summed E-state index contributed by atoms with van der Waals surface area (Å²) in [6, 6.07) is 2.02. The first-order chi connectivity index (χ1) is 8.94. The Labute approximate surface area is 116 Å². The number of ether oxygens (including phenoxy) is 1. The van der Waals surface area contributed by atoms with Crippen LogP contribution in [-0.4, -0.2) is 42.4 Å². The van der Waals surface area contributed by atoms with Crippen molar-refractivity contribution in [2.45, 2.75) is 46.3 Å². The van der Waals surface area contributed by atoms with Gasteiger partial charge in [-0.2, -0.15) is 0 Å². The van der Waals surface area contributed by atoms with Crippen LogP contribution in [0.15, 0.2) is 10.6 Å². The highest BCUT2D eigenvalue weighted by Crippen LogP contribution is 2.09. The third-order valence-corrected chi connectivity index (χ3v) is 2.85. The van der Waals surface area contributed by atoms with Gasteiger partial charge in [0.1, 0.15) is 0 Å². The predicted molar refractivity (Wildman–Crippen MR) is 75.9 cm³/mol. The molecule has 0 saturated heterocycles. The summed E-state index contributed by atoms with van der Waals surface area (Å²) >= 11 is 0. The van der Waals surface area contributed by atoms with Crippen LogP contribution in [0.2, 0.25) is 0 Å². The Balaban J connectivity index is 2.45. The highest BCUT2D eigenvalue weighted by molar-refractivity contribution is 5.05. The SMILES string of the molecule is CCN(CCOC)Cc1cc(CNC(C)(C)C)no1. The number of nitrogens with zero attached hydrogens (tertiary/aromatic N) is 2. The number of methoxy groups -OCH3 is 1. The first-order valence-electron chi connectivity index (χ1n) is 6.85. The van der Waals surface area contributed by atoms with Gasteiger partial charge in [0, 0.05) is 31.8 Å². The number of likely N-dealkylation sites (N-methyl/N-ethyl adjacent to an activating group) is 1. The zero-order valence-corrected chi connectivity index (χ0v) is 12.8. The minimum atomic E-state index is 0.0903. The maximum atomic E-state index is 5.37. The third kappa shape index (κ3) is 6.71. The molecule has 0 aliphatic carbocycles. The Bertz CT molecular complexity index is 358. The number of hydrogen-bond donors (Lipinski definition) is 1. The van der Waals surface area contributed by atoms with Crippen LogP contribution >= 0.6 is 0 Å². The van der Waals surface area contributed by atoms with E-state index < -0.39 is 0 Å². The lowest BCUT2D eigenvalue weighted by Gasteiger charge is -2.19. The van der Waals surface area contributed by atoms with Crippen molar-refractivity contribution in [3.8, 4) is 0 Å². The van der Waals surface area contributed by atoms with Crippen LogP contribution in [0.4, 0.5) is 0 Å². The number of hydrogen-bond acceptors (Lipinski definition) is 5. The van der Waals surface area contributed by atoms with Crippen molar-refractivity contribution in [3.63, 3.8) is 0 Å². The van der Waals surface area contributed by atoms with Gasteiger partial charge in [0.2, 0.25) is 0 Å². The fourth-order valence-corrected chi connectivity index (χ4v) is 1.66. The second-order valence-electron chi connectivity index (χ2n) is 5.75. The molecule has 1 heterocycles. The molecular weight excluding hydrogens is 242 g/mol. The van der Waals surface area contributed by atoms with Gasteiger partial charge >= 0.3 is 0 Å². The number of nitrogens with one attached hydrogen (secondary N) is 1. The van der Waals surface area contributed by atoms with Gasteiger partial charge in [-0.05, 0) is 27.3 Å². The highest BCUT2D eigenvalue weighted by Gasteiger charge is 2.12. The Hall–Kier alpha value is -0.910. The molecule has 0 atom stereocenters. The summed E-state index contributed by atoms with van der Waals surface area (Å²) in [5.41, 5.74) is 1.04. The zero-order chi connectivity index (χ0) is 14.3. The highest BCUT2D eigenvalue weighted by atomic mass is 16.5. The minimum Gasteiger partial charge on any atom is -0.383 e. The molecule has 1 N–H and O–H groups in total. The van der Waals surface area contributed by atoms with E-state index >= 15 is 0 Å². The van der Waals surface area contributed by atoms with Gasteiger partial charge in [-0.3, -0.25) is 4.90 Å². The van der Waals surface area contributed by atoms with Gasteiger partial charge in [0.15, 0.2) is 5.76 Å². The molecule has 0 saturated carbocycles. The molecule has 0 aromatic carbocycles. The van der Waals surface area contributed by atoms with Crippen molar-refractivity contribution >= 4 is 0 Å². The molecule has 5 heteroatoms. The van der Waals surface area contributed by atoms with Crippen LogP contribution in [0.3, 0.4) is 0 Å². The first-order valence-corrected chi connectivity index (χ1v) is 6.85. The summed E-state index contributed by atoms with van der Waals surface area (Å²) < 4.78 is 10.5. The van der Waals surface area contributed by atoms with Gasteiger partial charge in [-0.15, -0.1) is 0 Å². The Morgan fingerprint density at radius 1 is 1.42 bits per heavy atom. The van der Waals surface area contributed by atoms with Crippen LogP contribution in [0.1, 0.15) is 39.1 Å². The van der Waals surface area contributed by atoms with Crippen molar-refractivity contribution in [2.24, 2.45) is 0 Å². The van der Waals surface area contributed by atoms with E-state index in [1.807, 2.05) is 6.07 Å². The van der Waals surface area contributed by atoms with E-state index in [-0.39, 0.29) is 5.54 Å². The van der Waals surface area contributed by atoms with E-state index in [9.17, 15) is 0 Å². The van der Waals surface area contributed by atoms with Crippen LogP contribution in [0, 0.1) is 0 Å². The Morgan fingerprint density at radius 3 is 2.74 bits per heavy atom. The third-order valence-electron chi connectivity index (χ3n) is 2.85. The number of aromatic nitrogens is 1. The molecule has 0 amide bonds. The van der Waals surface area contributed by atoms with Crippen molar-refractivity contribution in [2.75, 3.05) is 26.8 Å². The molecule has 1 aromatic heterocycles. The van der Waals surface area contributed by atoms with Crippen LogP contribution in [-0.2, 0) is 17.8 Å². The average molecular weight is 269 g/mol. The molecule has 0 spiro atoms. The normalized spacial score (nSPS) is 12.3. The molecule has 1 aromatic rings. The van der Waals surface area contributed by atoms with E-state index in [1.54, 1.807) is 7.11 Å². The van der Waals surface area contributed by atoms with Crippen molar-refractivity contribution < 1.29 is 9.26 Å². The van der Waals surface area contributed by atoms with Crippen molar-refractivity contribution in [1.29, 1.82) is 0 Å². The topological polar surface area (TPSA) is 50.5 Å². The summed E-state index contributed by atoms with van der Waals surface area (Å²) in [6.07, 6.45) is 0. The van der Waals surface area contributed by atoms with E-state index in [0.717, 1.165) is 44.2 Å².